The van der Waals surface area contributed by atoms with Gasteiger partial charge in [-0.2, -0.15) is 5.26 Å². The van der Waals surface area contributed by atoms with Gasteiger partial charge in [-0.15, -0.1) is 0 Å². The minimum Gasteiger partial charge on any atom is -0.469 e. The highest BCUT2D eigenvalue weighted by molar-refractivity contribution is 5.73. The van der Waals surface area contributed by atoms with Crippen molar-refractivity contribution < 1.29 is 18.7 Å². The van der Waals surface area contributed by atoms with Gasteiger partial charge in [-0.3, -0.25) is 14.5 Å². The van der Waals surface area contributed by atoms with Crippen LogP contribution >= 0.6 is 0 Å². The SMILES string of the molecule is COC(=O)C[C@H]1CCC[C@@H]1[C@](CNC(C)=O)(c1cccc(F)c1)C1CCN(CC2CN(c3ccc(C#N)c(CN4CCC4)c3)C2)CC1. The van der Waals surface area contributed by atoms with Crippen molar-refractivity contribution >= 4 is 17.6 Å². The molecule has 0 radical (unpaired) electrons. The molecule has 47 heavy (non-hydrogen) atoms. The number of likely N-dealkylation sites (tertiary alicyclic amines) is 2. The van der Waals surface area contributed by atoms with E-state index in [-0.39, 0.29) is 35.4 Å². The summed E-state index contributed by atoms with van der Waals surface area (Å²) in [4.78, 5) is 32.3. The first-order chi connectivity index (χ1) is 22.8. The summed E-state index contributed by atoms with van der Waals surface area (Å²) in [6.45, 7) is 10.1. The molecule has 1 N–H and O–H groups in total. The molecular weight excluding hydrogens is 593 g/mol. The number of anilines is 1. The Morgan fingerprint density at radius 2 is 1.81 bits per heavy atom. The molecule has 4 aliphatic rings. The summed E-state index contributed by atoms with van der Waals surface area (Å²) in [6.07, 6.45) is 6.42. The molecule has 1 aliphatic carbocycles. The second kappa shape index (κ2) is 14.7. The molecule has 8 nitrogen and oxygen atoms in total. The van der Waals surface area contributed by atoms with Crippen LogP contribution in [0.4, 0.5) is 10.1 Å². The number of carbonyl (C=O) groups excluding carboxylic acids is 2. The number of hydrogen-bond donors (Lipinski definition) is 1. The van der Waals surface area contributed by atoms with Gasteiger partial charge in [0.1, 0.15) is 5.82 Å². The Bertz CT molecular complexity index is 1460. The number of carbonyl (C=O) groups is 2. The lowest BCUT2D eigenvalue weighted by atomic mass is 9.57. The second-order valence-corrected chi connectivity index (χ2v) is 14.5. The summed E-state index contributed by atoms with van der Waals surface area (Å²) in [5.74, 6) is 0.559. The summed E-state index contributed by atoms with van der Waals surface area (Å²) < 4.78 is 20.0. The standard InChI is InChI=1S/C38H50FN5O3/c1-27(45)41-26-38(33-7-4-8-34(39)20-33,36-9-3-6-29(36)19-37(46)47-2)32-12-16-43(17-13-32)22-28-23-44(24-28)35-11-10-30(21-40)31(18-35)25-42-14-5-15-42/h4,7-8,10-11,18,20,28-29,32,36H,3,5-6,9,12-17,19,22-26H2,1-2H3,(H,41,45)/t29-,36+,38+/m1/s1. The van der Waals surface area contributed by atoms with Crippen molar-refractivity contribution in [1.82, 2.24) is 15.1 Å². The van der Waals surface area contributed by atoms with Gasteiger partial charge in [0, 0.05) is 63.1 Å². The van der Waals surface area contributed by atoms with E-state index in [1.54, 1.807) is 19.1 Å². The smallest absolute Gasteiger partial charge is 0.305 e. The quantitative estimate of drug-likeness (QED) is 0.322. The molecule has 1 saturated carbocycles. The summed E-state index contributed by atoms with van der Waals surface area (Å²) in [6, 6.07) is 15.6. The van der Waals surface area contributed by atoms with Gasteiger partial charge < -0.3 is 19.9 Å². The molecule has 2 aromatic rings. The number of ether oxygens (including phenoxy) is 1. The zero-order valence-electron chi connectivity index (χ0n) is 28.1. The predicted molar refractivity (Wildman–Crippen MR) is 180 cm³/mol. The van der Waals surface area contributed by atoms with E-state index in [9.17, 15) is 19.2 Å². The third-order valence-electron chi connectivity index (χ3n) is 11.7. The first-order valence-corrected chi connectivity index (χ1v) is 17.6. The van der Waals surface area contributed by atoms with E-state index in [1.807, 2.05) is 12.1 Å². The molecule has 3 aliphatic heterocycles. The van der Waals surface area contributed by atoms with Crippen LogP contribution in [0.25, 0.3) is 0 Å². The van der Waals surface area contributed by atoms with Crippen molar-refractivity contribution in [2.24, 2.45) is 23.7 Å². The third kappa shape index (κ3) is 7.34. The molecule has 0 spiro atoms. The van der Waals surface area contributed by atoms with Gasteiger partial charge in [0.15, 0.2) is 0 Å². The van der Waals surface area contributed by atoms with Gasteiger partial charge in [0.05, 0.1) is 18.7 Å². The van der Waals surface area contributed by atoms with Gasteiger partial charge in [-0.05, 0) is 117 Å². The Morgan fingerprint density at radius 3 is 2.47 bits per heavy atom. The number of methoxy groups -OCH3 is 1. The predicted octanol–water partition coefficient (Wildman–Crippen LogP) is 5.10. The van der Waals surface area contributed by atoms with E-state index in [1.165, 1.54) is 25.3 Å². The van der Waals surface area contributed by atoms with Crippen LogP contribution in [0.5, 0.6) is 0 Å². The molecule has 0 bridgehead atoms. The van der Waals surface area contributed by atoms with Crippen LogP contribution in [0.2, 0.25) is 0 Å². The Morgan fingerprint density at radius 1 is 1.02 bits per heavy atom. The van der Waals surface area contributed by atoms with E-state index in [2.05, 4.69) is 38.2 Å². The summed E-state index contributed by atoms with van der Waals surface area (Å²) in [5, 5.41) is 12.8. The highest BCUT2D eigenvalue weighted by Crippen LogP contribution is 2.53. The number of nitrogens with zero attached hydrogens (tertiary/aromatic N) is 4. The number of amides is 1. The zero-order chi connectivity index (χ0) is 33.0. The Kier molecular flexibility index (Phi) is 10.5. The molecule has 2 aromatic carbocycles. The average molecular weight is 644 g/mol. The number of nitriles is 1. The van der Waals surface area contributed by atoms with Crippen LogP contribution in [0.3, 0.4) is 0 Å². The lowest BCUT2D eigenvalue weighted by Gasteiger charge is -2.51. The maximum atomic E-state index is 14.9. The molecule has 3 atom stereocenters. The Hall–Kier alpha value is -3.48. The van der Waals surface area contributed by atoms with Gasteiger partial charge >= 0.3 is 5.97 Å². The van der Waals surface area contributed by atoms with Gasteiger partial charge in [-0.1, -0.05) is 18.6 Å². The van der Waals surface area contributed by atoms with Crippen molar-refractivity contribution in [1.29, 1.82) is 5.26 Å². The fraction of sp³-hybridized carbons (Fsp3) is 0.605. The monoisotopic (exact) mass is 643 g/mol. The first-order valence-electron chi connectivity index (χ1n) is 17.6. The molecule has 1 amide bonds. The topological polar surface area (TPSA) is 88.9 Å². The van der Waals surface area contributed by atoms with E-state index >= 15 is 0 Å². The summed E-state index contributed by atoms with van der Waals surface area (Å²) in [7, 11) is 1.44. The highest BCUT2D eigenvalue weighted by Gasteiger charge is 2.52. The molecule has 3 saturated heterocycles. The second-order valence-electron chi connectivity index (χ2n) is 14.5. The number of hydrogen-bond acceptors (Lipinski definition) is 7. The molecule has 9 heteroatoms. The van der Waals surface area contributed by atoms with Crippen LogP contribution in [0, 0.1) is 40.8 Å². The van der Waals surface area contributed by atoms with Gasteiger partial charge in [0.2, 0.25) is 5.91 Å². The highest BCUT2D eigenvalue weighted by atomic mass is 19.1. The van der Waals surface area contributed by atoms with Crippen LogP contribution in [-0.2, 0) is 26.3 Å². The maximum absolute atomic E-state index is 14.9. The minimum atomic E-state index is -0.467. The summed E-state index contributed by atoms with van der Waals surface area (Å²) in [5.41, 5.74) is 3.60. The molecule has 4 fully saturated rings. The number of halogens is 1. The largest absolute Gasteiger partial charge is 0.469 e. The normalized spacial score (nSPS) is 23.7. The number of nitrogens with one attached hydrogen (secondary N) is 1. The van der Waals surface area contributed by atoms with Crippen molar-refractivity contribution in [2.45, 2.75) is 63.8 Å². The maximum Gasteiger partial charge on any atom is 0.305 e. The Balaban J connectivity index is 1.13. The van der Waals surface area contributed by atoms with Gasteiger partial charge in [0.25, 0.3) is 0 Å². The van der Waals surface area contributed by atoms with Crippen molar-refractivity contribution in [3.63, 3.8) is 0 Å². The summed E-state index contributed by atoms with van der Waals surface area (Å²) >= 11 is 0. The molecule has 0 unspecified atom stereocenters. The minimum absolute atomic E-state index is 0.0878. The Labute approximate surface area is 279 Å². The fourth-order valence-corrected chi connectivity index (χ4v) is 9.12. The van der Waals surface area contributed by atoms with Crippen LogP contribution in [0.15, 0.2) is 42.5 Å². The number of esters is 1. The zero-order valence-corrected chi connectivity index (χ0v) is 28.1. The van der Waals surface area contributed by atoms with Crippen LogP contribution < -0.4 is 10.2 Å². The average Bonchev–Trinajstić information content (AvgIpc) is 3.49. The van der Waals surface area contributed by atoms with Crippen molar-refractivity contribution in [3.8, 4) is 6.07 Å². The van der Waals surface area contributed by atoms with Crippen LogP contribution in [-0.4, -0.2) is 81.1 Å². The van der Waals surface area contributed by atoms with Crippen molar-refractivity contribution in [3.05, 3.63) is 65.0 Å². The van der Waals surface area contributed by atoms with Gasteiger partial charge in [-0.25, -0.2) is 4.39 Å². The van der Waals surface area contributed by atoms with E-state index in [0.29, 0.717) is 18.9 Å². The molecular formula is C38H50FN5O3. The number of rotatable bonds is 12. The molecule has 252 valence electrons. The van der Waals surface area contributed by atoms with Crippen LogP contribution in [0.1, 0.15) is 68.6 Å². The lowest BCUT2D eigenvalue weighted by molar-refractivity contribution is -0.142. The molecule has 3 heterocycles. The third-order valence-corrected chi connectivity index (χ3v) is 11.7. The number of benzene rings is 2. The lowest BCUT2D eigenvalue weighted by Crippen LogP contribution is -2.56. The van der Waals surface area contributed by atoms with E-state index in [4.69, 9.17) is 4.74 Å². The van der Waals surface area contributed by atoms with E-state index in [0.717, 1.165) is 101 Å². The number of piperidine rings is 1. The van der Waals surface area contributed by atoms with Crippen molar-refractivity contribution in [2.75, 3.05) is 64.4 Å². The van der Waals surface area contributed by atoms with E-state index < -0.39 is 5.41 Å². The molecule has 6 rings (SSSR count). The fourth-order valence-electron chi connectivity index (χ4n) is 9.12. The first kappa shape index (κ1) is 33.4. The molecule has 0 aromatic heterocycles.